The molecular weight excluding hydrogens is 368 g/mol. The Morgan fingerprint density at radius 3 is 2.48 bits per heavy atom. The van der Waals surface area contributed by atoms with Gasteiger partial charge in [-0.15, -0.1) is 0 Å². The van der Waals surface area contributed by atoms with Crippen LogP contribution in [0, 0.1) is 0 Å². The number of thioether (sulfide) groups is 1. The summed E-state index contributed by atoms with van der Waals surface area (Å²) in [4.78, 5) is 37.8. The van der Waals surface area contributed by atoms with Gasteiger partial charge in [0.1, 0.15) is 0 Å². The Labute approximate surface area is 159 Å². The first-order chi connectivity index (χ1) is 13.1. The molecule has 2 aromatic carbocycles. The Morgan fingerprint density at radius 1 is 1.04 bits per heavy atom. The van der Waals surface area contributed by atoms with Crippen molar-refractivity contribution >= 4 is 35.2 Å². The van der Waals surface area contributed by atoms with E-state index in [9.17, 15) is 14.4 Å². The van der Waals surface area contributed by atoms with Crippen molar-refractivity contribution in [2.24, 2.45) is 0 Å². The lowest BCUT2D eigenvalue weighted by atomic mass is 10.1. The van der Waals surface area contributed by atoms with Crippen molar-refractivity contribution in [1.82, 2.24) is 4.90 Å². The van der Waals surface area contributed by atoms with Crippen molar-refractivity contribution in [3.63, 3.8) is 0 Å². The highest BCUT2D eigenvalue weighted by molar-refractivity contribution is 7.99. The van der Waals surface area contributed by atoms with Crippen LogP contribution in [0.5, 0.6) is 11.5 Å². The molecule has 2 aliphatic heterocycles. The molecule has 2 aliphatic rings. The molecule has 0 saturated carbocycles. The minimum Gasteiger partial charge on any atom is -0.454 e. The van der Waals surface area contributed by atoms with E-state index in [4.69, 9.17) is 9.47 Å². The summed E-state index contributed by atoms with van der Waals surface area (Å²) in [6, 6.07) is 12.0. The molecule has 0 aliphatic carbocycles. The number of ether oxygens (including phenoxy) is 2. The highest BCUT2D eigenvalue weighted by Crippen LogP contribution is 2.34. The molecule has 138 valence electrons. The van der Waals surface area contributed by atoms with Crippen LogP contribution in [0.15, 0.2) is 42.5 Å². The van der Waals surface area contributed by atoms with Crippen LogP contribution in [0.4, 0.5) is 5.69 Å². The van der Waals surface area contributed by atoms with Gasteiger partial charge < -0.3 is 14.8 Å². The standard InChI is InChI=1S/C19H16N2O5S/c22-17(20-12-5-6-15-16(9-12)26-11-25-15)10-27-8-7-21-18(23)13-3-1-2-4-14(13)19(21)24/h1-6,9H,7-8,10-11H2,(H,20,22). The zero-order chi connectivity index (χ0) is 18.8. The van der Waals surface area contributed by atoms with Gasteiger partial charge in [0, 0.05) is 24.1 Å². The van der Waals surface area contributed by atoms with Gasteiger partial charge in [-0.3, -0.25) is 19.3 Å². The minimum atomic E-state index is -0.277. The lowest BCUT2D eigenvalue weighted by molar-refractivity contribution is -0.113. The van der Waals surface area contributed by atoms with Crippen molar-refractivity contribution < 1.29 is 23.9 Å². The Hall–Kier alpha value is -3.00. The SMILES string of the molecule is O=C(CSCCN1C(=O)c2ccccc2C1=O)Nc1ccc2c(c1)OCO2. The fraction of sp³-hybridized carbons (Fsp3) is 0.211. The summed E-state index contributed by atoms with van der Waals surface area (Å²) in [5.41, 5.74) is 1.51. The Kier molecular flexibility index (Phi) is 4.72. The zero-order valence-electron chi connectivity index (χ0n) is 14.3. The second-order valence-electron chi connectivity index (χ2n) is 5.98. The van der Waals surface area contributed by atoms with E-state index in [1.54, 1.807) is 42.5 Å². The van der Waals surface area contributed by atoms with Gasteiger partial charge in [-0.1, -0.05) is 12.1 Å². The molecule has 0 unspecified atom stereocenters. The third-order valence-corrected chi connectivity index (χ3v) is 5.16. The van der Waals surface area contributed by atoms with Crippen LogP contribution in [-0.2, 0) is 4.79 Å². The molecule has 0 fully saturated rings. The van der Waals surface area contributed by atoms with Crippen LogP contribution in [0.2, 0.25) is 0 Å². The summed E-state index contributed by atoms with van der Waals surface area (Å²) in [6.07, 6.45) is 0. The molecule has 0 spiro atoms. The summed E-state index contributed by atoms with van der Waals surface area (Å²) < 4.78 is 10.5. The maximum absolute atomic E-state index is 12.3. The van der Waals surface area contributed by atoms with Crippen molar-refractivity contribution in [1.29, 1.82) is 0 Å². The van der Waals surface area contributed by atoms with E-state index >= 15 is 0 Å². The molecule has 0 aromatic heterocycles. The molecule has 0 atom stereocenters. The number of carbonyl (C=O) groups excluding carboxylic acids is 3. The monoisotopic (exact) mass is 384 g/mol. The summed E-state index contributed by atoms with van der Waals surface area (Å²) in [7, 11) is 0. The van der Waals surface area contributed by atoms with Crippen LogP contribution in [0.3, 0.4) is 0 Å². The van der Waals surface area contributed by atoms with Crippen molar-refractivity contribution in [2.45, 2.75) is 0 Å². The molecule has 7 nitrogen and oxygen atoms in total. The fourth-order valence-corrected chi connectivity index (χ4v) is 3.65. The predicted molar refractivity (Wildman–Crippen MR) is 100 cm³/mol. The molecule has 0 bridgehead atoms. The summed E-state index contributed by atoms with van der Waals surface area (Å²) >= 11 is 1.36. The second-order valence-corrected chi connectivity index (χ2v) is 7.08. The van der Waals surface area contributed by atoms with Crippen LogP contribution in [0.25, 0.3) is 0 Å². The molecule has 0 saturated heterocycles. The van der Waals surface area contributed by atoms with Crippen LogP contribution in [0.1, 0.15) is 20.7 Å². The number of nitrogens with one attached hydrogen (secondary N) is 1. The molecule has 2 heterocycles. The number of imide groups is 1. The van der Waals surface area contributed by atoms with E-state index in [0.29, 0.717) is 34.1 Å². The molecule has 8 heteroatoms. The average molecular weight is 384 g/mol. The molecular formula is C19H16N2O5S. The number of hydrogen-bond donors (Lipinski definition) is 1. The van der Waals surface area contributed by atoms with Gasteiger partial charge in [0.25, 0.3) is 11.8 Å². The van der Waals surface area contributed by atoms with E-state index in [2.05, 4.69) is 5.32 Å². The highest BCUT2D eigenvalue weighted by Gasteiger charge is 2.34. The van der Waals surface area contributed by atoms with Gasteiger partial charge in [-0.25, -0.2) is 0 Å². The Bertz CT molecular complexity index is 895. The molecule has 27 heavy (non-hydrogen) atoms. The summed E-state index contributed by atoms with van der Waals surface area (Å²) in [5, 5.41) is 2.79. The zero-order valence-corrected chi connectivity index (χ0v) is 15.1. The van der Waals surface area contributed by atoms with Gasteiger partial charge in [0.2, 0.25) is 12.7 Å². The average Bonchev–Trinajstić information content (AvgIpc) is 3.23. The van der Waals surface area contributed by atoms with Crippen molar-refractivity contribution in [3.05, 3.63) is 53.6 Å². The van der Waals surface area contributed by atoms with Crippen molar-refractivity contribution in [3.8, 4) is 11.5 Å². The normalized spacial score (nSPS) is 14.4. The molecule has 0 radical (unpaired) electrons. The van der Waals surface area contributed by atoms with Gasteiger partial charge in [0.05, 0.1) is 16.9 Å². The first-order valence-corrected chi connectivity index (χ1v) is 9.51. The predicted octanol–water partition coefficient (Wildman–Crippen LogP) is 2.38. The Balaban J connectivity index is 1.24. The largest absolute Gasteiger partial charge is 0.454 e. The smallest absolute Gasteiger partial charge is 0.261 e. The van der Waals surface area contributed by atoms with Gasteiger partial charge in [-0.2, -0.15) is 11.8 Å². The number of amides is 3. The van der Waals surface area contributed by atoms with E-state index in [-0.39, 0.29) is 36.8 Å². The second kappa shape index (κ2) is 7.32. The molecule has 4 rings (SSSR count). The van der Waals surface area contributed by atoms with E-state index in [1.807, 2.05) is 0 Å². The van der Waals surface area contributed by atoms with Crippen LogP contribution < -0.4 is 14.8 Å². The number of nitrogens with zero attached hydrogens (tertiary/aromatic N) is 1. The number of anilines is 1. The maximum atomic E-state index is 12.3. The summed E-state index contributed by atoms with van der Waals surface area (Å²) in [5.74, 6) is 1.25. The number of benzene rings is 2. The lowest BCUT2D eigenvalue weighted by Crippen LogP contribution is -2.32. The van der Waals surface area contributed by atoms with Crippen LogP contribution in [-0.4, -0.2) is 47.5 Å². The molecule has 3 amide bonds. The highest BCUT2D eigenvalue weighted by atomic mass is 32.2. The number of carbonyl (C=O) groups is 3. The van der Waals surface area contributed by atoms with Crippen molar-refractivity contribution in [2.75, 3.05) is 30.2 Å². The topological polar surface area (TPSA) is 84.9 Å². The van der Waals surface area contributed by atoms with E-state index in [0.717, 1.165) is 0 Å². The Morgan fingerprint density at radius 2 is 1.74 bits per heavy atom. The van der Waals surface area contributed by atoms with Crippen LogP contribution >= 0.6 is 11.8 Å². The number of rotatable bonds is 6. The number of hydrogen-bond acceptors (Lipinski definition) is 6. The fourth-order valence-electron chi connectivity index (χ4n) is 2.93. The van der Waals surface area contributed by atoms with E-state index in [1.165, 1.54) is 16.7 Å². The maximum Gasteiger partial charge on any atom is 0.261 e. The number of fused-ring (bicyclic) bond motifs is 2. The quantitative estimate of drug-likeness (QED) is 0.608. The molecule has 2 aromatic rings. The minimum absolute atomic E-state index is 0.166. The lowest BCUT2D eigenvalue weighted by Gasteiger charge is -2.13. The van der Waals surface area contributed by atoms with Gasteiger partial charge in [-0.05, 0) is 24.3 Å². The third-order valence-electron chi connectivity index (χ3n) is 4.23. The summed E-state index contributed by atoms with van der Waals surface area (Å²) in [6.45, 7) is 0.453. The van der Waals surface area contributed by atoms with Gasteiger partial charge in [0.15, 0.2) is 11.5 Å². The van der Waals surface area contributed by atoms with Gasteiger partial charge >= 0.3 is 0 Å². The van der Waals surface area contributed by atoms with E-state index < -0.39 is 0 Å². The molecule has 1 N–H and O–H groups in total. The first kappa shape index (κ1) is 17.4. The third kappa shape index (κ3) is 3.48. The first-order valence-electron chi connectivity index (χ1n) is 8.36.